The highest BCUT2D eigenvalue weighted by atomic mass is 32.2. The summed E-state index contributed by atoms with van der Waals surface area (Å²) < 4.78 is 0.145. The first-order chi connectivity index (χ1) is 10.5. The van der Waals surface area contributed by atoms with Gasteiger partial charge >= 0.3 is 0 Å². The molecular formula is C15H25N5OS. The molecule has 6 nitrogen and oxygen atoms in total. The number of amides is 1. The van der Waals surface area contributed by atoms with Crippen molar-refractivity contribution in [2.45, 2.75) is 18.6 Å². The fraction of sp³-hybridized carbons (Fsp3) is 0.533. The van der Waals surface area contributed by atoms with Gasteiger partial charge in [0.1, 0.15) is 0 Å². The summed E-state index contributed by atoms with van der Waals surface area (Å²) in [4.78, 5) is 19.9. The molecule has 0 saturated heterocycles. The molecule has 0 saturated carbocycles. The van der Waals surface area contributed by atoms with Gasteiger partial charge in [0.2, 0.25) is 0 Å². The number of hydrogen-bond acceptors (Lipinski definition) is 4. The molecule has 3 N–H and O–H groups in total. The number of hydrogen-bond donors (Lipinski definition) is 3. The summed E-state index contributed by atoms with van der Waals surface area (Å²) in [5, 5.41) is 9.28. The van der Waals surface area contributed by atoms with Crippen molar-refractivity contribution < 1.29 is 4.79 Å². The largest absolute Gasteiger partial charge is 0.355 e. The number of guanidine groups is 1. The average Bonchev–Trinajstić information content (AvgIpc) is 2.54. The number of carbonyl (C=O) groups is 1. The van der Waals surface area contributed by atoms with Gasteiger partial charge < -0.3 is 16.0 Å². The van der Waals surface area contributed by atoms with Crippen LogP contribution < -0.4 is 16.0 Å². The van der Waals surface area contributed by atoms with Gasteiger partial charge in [-0.25, -0.2) is 0 Å². The van der Waals surface area contributed by atoms with Gasteiger partial charge in [0, 0.05) is 43.8 Å². The Balaban J connectivity index is 2.26. The Morgan fingerprint density at radius 2 is 2.05 bits per heavy atom. The quantitative estimate of drug-likeness (QED) is 0.398. The van der Waals surface area contributed by atoms with Crippen molar-refractivity contribution in [1.82, 2.24) is 20.9 Å². The molecule has 0 spiro atoms. The standard InChI is InChI=1S/C15H25N5OS/c1-15(2,22-4)11-20-14(16-3)19-9-8-18-13(21)12-6-5-7-17-10-12/h5-7,10H,8-9,11H2,1-4H3,(H,18,21)(H2,16,19,20). The summed E-state index contributed by atoms with van der Waals surface area (Å²) in [5.41, 5.74) is 0.562. The smallest absolute Gasteiger partial charge is 0.252 e. The van der Waals surface area contributed by atoms with Gasteiger partial charge in [-0.3, -0.25) is 14.8 Å². The van der Waals surface area contributed by atoms with Crippen LogP contribution in [0.1, 0.15) is 24.2 Å². The highest BCUT2D eigenvalue weighted by Gasteiger charge is 2.15. The lowest BCUT2D eigenvalue weighted by Crippen LogP contribution is -2.45. The predicted molar refractivity (Wildman–Crippen MR) is 93.5 cm³/mol. The molecule has 1 aromatic rings. The summed E-state index contributed by atoms with van der Waals surface area (Å²) in [6, 6.07) is 3.48. The minimum atomic E-state index is -0.124. The molecule has 0 fully saturated rings. The fourth-order valence-electron chi connectivity index (χ4n) is 1.55. The summed E-state index contributed by atoms with van der Waals surface area (Å²) in [5.74, 6) is 0.610. The van der Waals surface area contributed by atoms with E-state index in [2.05, 4.69) is 46.0 Å². The molecule has 1 amide bonds. The molecule has 1 heterocycles. The first kappa shape index (κ1) is 18.3. The molecule has 0 aromatic carbocycles. The van der Waals surface area contributed by atoms with Gasteiger partial charge in [-0.05, 0) is 32.2 Å². The zero-order valence-corrected chi connectivity index (χ0v) is 14.5. The topological polar surface area (TPSA) is 78.4 Å². The molecule has 0 unspecified atom stereocenters. The number of carbonyl (C=O) groups excluding carboxylic acids is 1. The number of nitrogens with one attached hydrogen (secondary N) is 3. The van der Waals surface area contributed by atoms with Crippen LogP contribution >= 0.6 is 11.8 Å². The second kappa shape index (κ2) is 9.30. The molecular weight excluding hydrogens is 298 g/mol. The number of aliphatic imine (C=N–C) groups is 1. The lowest BCUT2D eigenvalue weighted by Gasteiger charge is -2.23. The number of thioether (sulfide) groups is 1. The van der Waals surface area contributed by atoms with Crippen molar-refractivity contribution in [3.63, 3.8) is 0 Å². The normalized spacial score (nSPS) is 11.9. The van der Waals surface area contributed by atoms with Crippen molar-refractivity contribution in [1.29, 1.82) is 0 Å². The molecule has 7 heteroatoms. The summed E-state index contributed by atoms with van der Waals surface area (Å²) in [6.45, 7) is 6.28. The van der Waals surface area contributed by atoms with Gasteiger partial charge in [0.15, 0.2) is 5.96 Å². The minimum absolute atomic E-state index is 0.124. The summed E-state index contributed by atoms with van der Waals surface area (Å²) in [7, 11) is 1.73. The Labute approximate surface area is 136 Å². The van der Waals surface area contributed by atoms with Crippen LogP contribution in [-0.4, -0.2) is 54.5 Å². The van der Waals surface area contributed by atoms with Crippen molar-refractivity contribution in [2.75, 3.05) is 32.9 Å². The van der Waals surface area contributed by atoms with Crippen LogP contribution in [0.15, 0.2) is 29.5 Å². The van der Waals surface area contributed by atoms with Crippen LogP contribution in [0.4, 0.5) is 0 Å². The van der Waals surface area contributed by atoms with Crippen LogP contribution in [0.25, 0.3) is 0 Å². The van der Waals surface area contributed by atoms with Crippen LogP contribution in [-0.2, 0) is 0 Å². The molecule has 0 bridgehead atoms. The number of aromatic nitrogens is 1. The Bertz CT molecular complexity index is 490. The average molecular weight is 323 g/mol. The highest BCUT2D eigenvalue weighted by molar-refractivity contribution is 7.99. The van der Waals surface area contributed by atoms with E-state index in [1.165, 1.54) is 0 Å². The summed E-state index contributed by atoms with van der Waals surface area (Å²) in [6.07, 6.45) is 5.28. The maximum absolute atomic E-state index is 11.8. The molecule has 22 heavy (non-hydrogen) atoms. The Morgan fingerprint density at radius 3 is 2.64 bits per heavy atom. The molecule has 0 aliphatic heterocycles. The zero-order valence-electron chi connectivity index (χ0n) is 13.6. The number of rotatable bonds is 7. The second-order valence-corrected chi connectivity index (χ2v) is 6.83. The number of nitrogens with zero attached hydrogens (tertiary/aromatic N) is 2. The van der Waals surface area contributed by atoms with E-state index in [4.69, 9.17) is 0 Å². The van der Waals surface area contributed by atoms with Crippen LogP contribution in [0.5, 0.6) is 0 Å². The number of pyridine rings is 1. The van der Waals surface area contributed by atoms with Gasteiger partial charge in [0.25, 0.3) is 5.91 Å². The molecule has 0 radical (unpaired) electrons. The monoisotopic (exact) mass is 323 g/mol. The third-order valence-electron chi connectivity index (χ3n) is 3.08. The predicted octanol–water partition coefficient (Wildman–Crippen LogP) is 1.12. The third kappa shape index (κ3) is 6.80. The molecule has 1 rings (SSSR count). The molecule has 0 aliphatic carbocycles. The second-order valence-electron chi connectivity index (χ2n) is 5.31. The van der Waals surface area contributed by atoms with E-state index in [1.807, 2.05) is 0 Å². The molecule has 1 aromatic heterocycles. The van der Waals surface area contributed by atoms with Crippen LogP contribution in [0.3, 0.4) is 0 Å². The van der Waals surface area contributed by atoms with Crippen LogP contribution in [0.2, 0.25) is 0 Å². The van der Waals surface area contributed by atoms with Gasteiger partial charge in [-0.1, -0.05) is 0 Å². The van der Waals surface area contributed by atoms with Crippen molar-refractivity contribution in [3.8, 4) is 0 Å². The van der Waals surface area contributed by atoms with E-state index in [0.717, 1.165) is 12.5 Å². The van der Waals surface area contributed by atoms with Gasteiger partial charge in [0.05, 0.1) is 5.56 Å². The van der Waals surface area contributed by atoms with E-state index >= 15 is 0 Å². The molecule has 0 atom stereocenters. The minimum Gasteiger partial charge on any atom is -0.355 e. The summed E-state index contributed by atoms with van der Waals surface area (Å²) >= 11 is 1.80. The molecule has 122 valence electrons. The first-order valence-corrected chi connectivity index (χ1v) is 8.39. The van der Waals surface area contributed by atoms with Crippen molar-refractivity contribution in [3.05, 3.63) is 30.1 Å². The lowest BCUT2D eigenvalue weighted by molar-refractivity contribution is 0.0954. The van der Waals surface area contributed by atoms with E-state index in [9.17, 15) is 4.79 Å². The third-order valence-corrected chi connectivity index (χ3v) is 4.33. The molecule has 0 aliphatic rings. The van der Waals surface area contributed by atoms with E-state index in [0.29, 0.717) is 18.7 Å². The lowest BCUT2D eigenvalue weighted by atomic mass is 10.2. The van der Waals surface area contributed by atoms with E-state index < -0.39 is 0 Å². The Kier molecular flexibility index (Phi) is 7.73. The van der Waals surface area contributed by atoms with E-state index in [1.54, 1.807) is 43.3 Å². The highest BCUT2D eigenvalue weighted by Crippen LogP contribution is 2.19. The Hall–Kier alpha value is -1.76. The van der Waals surface area contributed by atoms with Crippen molar-refractivity contribution >= 4 is 23.6 Å². The SMILES string of the molecule is CN=C(NCCNC(=O)c1cccnc1)NCC(C)(C)SC. The van der Waals surface area contributed by atoms with Crippen molar-refractivity contribution in [2.24, 2.45) is 4.99 Å². The van der Waals surface area contributed by atoms with Gasteiger partial charge in [-0.15, -0.1) is 0 Å². The fourth-order valence-corrected chi connectivity index (χ4v) is 1.76. The van der Waals surface area contributed by atoms with Gasteiger partial charge in [-0.2, -0.15) is 11.8 Å². The van der Waals surface area contributed by atoms with E-state index in [-0.39, 0.29) is 10.7 Å². The Morgan fingerprint density at radius 1 is 1.32 bits per heavy atom. The maximum Gasteiger partial charge on any atom is 0.252 e. The maximum atomic E-state index is 11.8. The first-order valence-electron chi connectivity index (χ1n) is 7.16. The zero-order chi connectivity index (χ0) is 16.4. The van der Waals surface area contributed by atoms with Crippen LogP contribution in [0, 0.1) is 0 Å².